The van der Waals surface area contributed by atoms with Crippen LogP contribution in [0, 0.1) is 0 Å². The summed E-state index contributed by atoms with van der Waals surface area (Å²) in [5, 5.41) is 2.44. The largest absolute Gasteiger partial charge is 0.398 e. The fraction of sp³-hybridized carbons (Fsp3) is 0.278. The fourth-order valence-electron chi connectivity index (χ4n) is 3.17. The topological polar surface area (TPSA) is 92.5 Å². The Morgan fingerprint density at radius 2 is 1.93 bits per heavy atom. The highest BCUT2D eigenvalue weighted by molar-refractivity contribution is 7.91. The maximum atomic E-state index is 12.9. The minimum absolute atomic E-state index is 0.0421. The molecule has 1 amide bonds. The molecule has 0 atom stereocenters. The molecule has 6 nitrogen and oxygen atoms in total. The van der Waals surface area contributed by atoms with Crippen LogP contribution >= 0.6 is 0 Å². The number of rotatable bonds is 5. The molecule has 0 spiro atoms. The molecule has 3 rings (SSSR count). The molecule has 0 fully saturated rings. The molecule has 27 heavy (non-hydrogen) atoms. The molecule has 0 radical (unpaired) electrons. The first kappa shape index (κ1) is 19.1. The number of nitrogens with zero attached hydrogens (tertiary/aromatic N) is 1. The van der Waals surface area contributed by atoms with Gasteiger partial charge in [-0.2, -0.15) is 8.78 Å². The summed E-state index contributed by atoms with van der Waals surface area (Å²) in [7, 11) is -4.82. The molecule has 1 aliphatic heterocycles. The van der Waals surface area contributed by atoms with Crippen molar-refractivity contribution in [2.24, 2.45) is 0 Å². The first-order valence-electron chi connectivity index (χ1n) is 8.34. The van der Waals surface area contributed by atoms with Crippen molar-refractivity contribution in [3.63, 3.8) is 0 Å². The van der Waals surface area contributed by atoms with Gasteiger partial charge in [0.05, 0.1) is 17.1 Å². The van der Waals surface area contributed by atoms with Gasteiger partial charge in [-0.25, -0.2) is 8.42 Å². The minimum Gasteiger partial charge on any atom is -0.398 e. The molecule has 0 saturated carbocycles. The van der Waals surface area contributed by atoms with Crippen LogP contribution in [0.2, 0.25) is 0 Å². The number of nitrogens with one attached hydrogen (secondary N) is 1. The highest BCUT2D eigenvalue weighted by Gasteiger charge is 2.29. The Morgan fingerprint density at radius 3 is 2.67 bits per heavy atom. The monoisotopic (exact) mass is 395 g/mol. The van der Waals surface area contributed by atoms with Gasteiger partial charge >= 0.3 is 5.76 Å². The van der Waals surface area contributed by atoms with Gasteiger partial charge < -0.3 is 16.0 Å². The Balaban J connectivity index is 1.80. The third-order valence-electron chi connectivity index (χ3n) is 4.42. The number of nitrogens with two attached hydrogens (primary N) is 1. The van der Waals surface area contributed by atoms with Crippen molar-refractivity contribution in [1.29, 1.82) is 0 Å². The predicted octanol–water partition coefficient (Wildman–Crippen LogP) is 2.66. The van der Waals surface area contributed by atoms with Crippen LogP contribution in [0.3, 0.4) is 0 Å². The van der Waals surface area contributed by atoms with Gasteiger partial charge in [0.15, 0.2) is 0 Å². The van der Waals surface area contributed by atoms with Crippen LogP contribution in [0.5, 0.6) is 0 Å². The Labute approximate surface area is 155 Å². The quantitative estimate of drug-likeness (QED) is 0.760. The maximum Gasteiger partial charge on any atom is 0.341 e. The number of sulfone groups is 1. The van der Waals surface area contributed by atoms with Crippen LogP contribution in [0.1, 0.15) is 12.0 Å². The van der Waals surface area contributed by atoms with Crippen molar-refractivity contribution in [2.45, 2.75) is 23.5 Å². The number of alkyl halides is 2. The number of benzene rings is 2. The molecule has 0 aliphatic carbocycles. The summed E-state index contributed by atoms with van der Waals surface area (Å²) < 4.78 is 49.3. The Hall–Kier alpha value is -2.68. The van der Waals surface area contributed by atoms with Crippen molar-refractivity contribution in [2.75, 3.05) is 29.0 Å². The van der Waals surface area contributed by atoms with Crippen molar-refractivity contribution in [1.82, 2.24) is 0 Å². The molecule has 3 N–H and O–H groups in total. The number of carbonyl (C=O) groups excluding carboxylic acids is 1. The van der Waals surface area contributed by atoms with Gasteiger partial charge in [0.1, 0.15) is 0 Å². The number of hydrogen-bond acceptors (Lipinski definition) is 5. The summed E-state index contributed by atoms with van der Waals surface area (Å²) in [4.78, 5) is 13.7. The van der Waals surface area contributed by atoms with Crippen molar-refractivity contribution >= 4 is 32.8 Å². The average Bonchev–Trinajstić information content (AvgIpc) is 2.63. The summed E-state index contributed by atoms with van der Waals surface area (Å²) in [6.45, 7) is 0.598. The third kappa shape index (κ3) is 3.87. The van der Waals surface area contributed by atoms with Crippen molar-refractivity contribution < 1.29 is 22.0 Å². The molecule has 0 unspecified atom stereocenters. The number of anilines is 3. The summed E-state index contributed by atoms with van der Waals surface area (Å²) >= 11 is 0. The van der Waals surface area contributed by atoms with E-state index in [-0.39, 0.29) is 12.2 Å². The molecular weight excluding hydrogens is 376 g/mol. The molecular formula is C18H19F2N3O3S. The summed E-state index contributed by atoms with van der Waals surface area (Å²) in [6, 6.07) is 10.6. The number of carbonyl (C=O) groups is 1. The van der Waals surface area contributed by atoms with Crippen LogP contribution < -0.4 is 16.0 Å². The molecule has 1 heterocycles. The van der Waals surface area contributed by atoms with Gasteiger partial charge in [0, 0.05) is 17.9 Å². The van der Waals surface area contributed by atoms with E-state index in [0.29, 0.717) is 12.2 Å². The van der Waals surface area contributed by atoms with Gasteiger partial charge in [-0.15, -0.1) is 0 Å². The van der Waals surface area contributed by atoms with E-state index in [9.17, 15) is 22.0 Å². The highest BCUT2D eigenvalue weighted by Crippen LogP contribution is 2.31. The molecule has 144 valence electrons. The summed E-state index contributed by atoms with van der Waals surface area (Å²) in [5.41, 5.74) is 8.31. The third-order valence-corrected chi connectivity index (χ3v) is 5.86. The zero-order valence-electron chi connectivity index (χ0n) is 14.4. The second-order valence-corrected chi connectivity index (χ2v) is 8.11. The second kappa shape index (κ2) is 7.51. The van der Waals surface area contributed by atoms with E-state index in [0.717, 1.165) is 30.2 Å². The van der Waals surface area contributed by atoms with Crippen LogP contribution in [-0.2, 0) is 21.1 Å². The van der Waals surface area contributed by atoms with Gasteiger partial charge in [-0.05, 0) is 42.7 Å². The highest BCUT2D eigenvalue weighted by atomic mass is 32.2. The van der Waals surface area contributed by atoms with Crippen LogP contribution in [0.15, 0.2) is 47.4 Å². The van der Waals surface area contributed by atoms with Gasteiger partial charge in [0.25, 0.3) is 0 Å². The fourth-order valence-corrected chi connectivity index (χ4v) is 4.05. The van der Waals surface area contributed by atoms with E-state index in [4.69, 9.17) is 5.73 Å². The van der Waals surface area contributed by atoms with Crippen LogP contribution in [-0.4, -0.2) is 33.2 Å². The zero-order chi connectivity index (χ0) is 19.6. The number of fused-ring (bicyclic) bond motifs is 1. The van der Waals surface area contributed by atoms with E-state index in [2.05, 4.69) is 5.32 Å². The summed E-state index contributed by atoms with van der Waals surface area (Å²) in [6.07, 6.45) is 1.64. The van der Waals surface area contributed by atoms with E-state index >= 15 is 0 Å². The first-order chi connectivity index (χ1) is 12.8. The lowest BCUT2D eigenvalue weighted by Crippen LogP contribution is -2.37. The molecule has 2 aromatic rings. The number of nitrogen functional groups attached to an aromatic ring is 1. The first-order valence-corrected chi connectivity index (χ1v) is 9.88. The minimum atomic E-state index is -4.82. The van der Waals surface area contributed by atoms with Gasteiger partial charge in [-0.3, -0.25) is 4.79 Å². The van der Waals surface area contributed by atoms with Crippen molar-refractivity contribution in [3.05, 3.63) is 48.0 Å². The molecule has 0 aromatic heterocycles. The smallest absolute Gasteiger partial charge is 0.341 e. The van der Waals surface area contributed by atoms with E-state index in [1.807, 2.05) is 11.0 Å². The summed E-state index contributed by atoms with van der Waals surface area (Å²) in [5.74, 6) is -4.06. The number of halogens is 2. The average molecular weight is 395 g/mol. The Bertz CT molecular complexity index is 964. The lowest BCUT2D eigenvalue weighted by atomic mass is 10.00. The Kier molecular flexibility index (Phi) is 5.31. The van der Waals surface area contributed by atoms with E-state index < -0.39 is 26.4 Å². The van der Waals surface area contributed by atoms with Crippen LogP contribution in [0.4, 0.5) is 25.8 Å². The molecule has 2 aromatic carbocycles. The number of para-hydroxylation sites is 1. The Morgan fingerprint density at radius 1 is 1.19 bits per heavy atom. The lowest BCUT2D eigenvalue weighted by Gasteiger charge is -2.31. The second-order valence-electron chi connectivity index (χ2n) is 6.22. The number of amides is 1. The maximum absolute atomic E-state index is 12.9. The van der Waals surface area contributed by atoms with Crippen LogP contribution in [0.25, 0.3) is 0 Å². The molecule has 9 heteroatoms. The predicted molar refractivity (Wildman–Crippen MR) is 99.6 cm³/mol. The van der Waals surface area contributed by atoms with Gasteiger partial charge in [-0.1, -0.05) is 18.2 Å². The van der Waals surface area contributed by atoms with E-state index in [1.165, 1.54) is 18.2 Å². The normalized spacial score (nSPS) is 14.1. The molecule has 1 aliphatic rings. The van der Waals surface area contributed by atoms with E-state index in [1.54, 1.807) is 12.1 Å². The zero-order valence-corrected chi connectivity index (χ0v) is 15.2. The lowest BCUT2D eigenvalue weighted by molar-refractivity contribution is -0.115. The SMILES string of the molecule is Nc1cccc2c1CCCN2CC(=O)Nc1ccccc1S(=O)(=O)C(F)F. The molecule has 0 bridgehead atoms. The number of hydrogen-bond donors (Lipinski definition) is 2. The molecule has 0 saturated heterocycles. The van der Waals surface area contributed by atoms with Gasteiger partial charge in [0.2, 0.25) is 15.7 Å². The van der Waals surface area contributed by atoms with Crippen molar-refractivity contribution in [3.8, 4) is 0 Å². The standard InChI is InChI=1S/C18H19F2N3O3S/c19-18(20)27(25,26)16-9-2-1-7-14(16)22-17(24)11-23-10-4-5-12-13(21)6-3-8-15(12)23/h1-3,6-9,18H,4-5,10-11,21H2,(H,22,24).